The molecule has 1 saturated heterocycles. The number of ether oxygens (including phenoxy) is 1. The van der Waals surface area contributed by atoms with E-state index in [9.17, 15) is 14.4 Å². The van der Waals surface area contributed by atoms with E-state index in [1.54, 1.807) is 26.8 Å². The smallest absolute Gasteiger partial charge is 0.328 e. The maximum atomic E-state index is 12.6. The Morgan fingerprint density at radius 3 is 2.50 bits per heavy atom. The summed E-state index contributed by atoms with van der Waals surface area (Å²) in [6, 6.07) is 6.88. The molecule has 1 atom stereocenters. The molecule has 2 amide bonds. The summed E-state index contributed by atoms with van der Waals surface area (Å²) in [4.78, 5) is 38.2. The molecule has 28 heavy (non-hydrogen) atoms. The van der Waals surface area contributed by atoms with Crippen LogP contribution in [0.2, 0.25) is 0 Å². The Kier molecular flexibility index (Phi) is 7.28. The summed E-state index contributed by atoms with van der Waals surface area (Å²) in [5.41, 5.74) is 2.26. The van der Waals surface area contributed by atoms with Crippen LogP contribution in [0.5, 0.6) is 0 Å². The van der Waals surface area contributed by atoms with Gasteiger partial charge in [-0.15, -0.1) is 0 Å². The van der Waals surface area contributed by atoms with Crippen molar-refractivity contribution >= 4 is 41.2 Å². The Morgan fingerprint density at radius 2 is 1.93 bits per heavy atom. The van der Waals surface area contributed by atoms with Crippen molar-refractivity contribution in [2.24, 2.45) is 5.92 Å². The average molecular weight is 404 g/mol. The number of nitrogens with one attached hydrogen (secondary N) is 2. The zero-order valence-electron chi connectivity index (χ0n) is 16.4. The predicted molar refractivity (Wildman–Crippen MR) is 110 cm³/mol. The highest BCUT2D eigenvalue weighted by Crippen LogP contribution is 2.15. The van der Waals surface area contributed by atoms with Gasteiger partial charge >= 0.3 is 5.97 Å². The van der Waals surface area contributed by atoms with E-state index >= 15 is 0 Å². The number of carbonyl (C=O) groups excluding carboxylic acids is 3. The third-order valence-corrected chi connectivity index (χ3v) is 4.50. The summed E-state index contributed by atoms with van der Waals surface area (Å²) in [6.45, 7) is 7.23. The summed E-state index contributed by atoms with van der Waals surface area (Å²) in [7, 11) is 0. The lowest BCUT2D eigenvalue weighted by Gasteiger charge is -2.22. The molecular formula is C20H25N3O4S. The van der Waals surface area contributed by atoms with E-state index in [1.165, 1.54) is 4.90 Å². The van der Waals surface area contributed by atoms with Crippen molar-refractivity contribution in [2.45, 2.75) is 33.7 Å². The minimum atomic E-state index is -0.783. The fourth-order valence-electron chi connectivity index (χ4n) is 2.64. The third kappa shape index (κ3) is 5.39. The highest BCUT2D eigenvalue weighted by atomic mass is 32.1. The fourth-order valence-corrected chi connectivity index (χ4v) is 2.89. The predicted octanol–water partition coefficient (Wildman–Crippen LogP) is 1.76. The van der Waals surface area contributed by atoms with Crippen LogP contribution in [-0.2, 0) is 19.1 Å². The number of rotatable bonds is 7. The van der Waals surface area contributed by atoms with Gasteiger partial charge in [-0.05, 0) is 43.6 Å². The van der Waals surface area contributed by atoms with Crippen molar-refractivity contribution in [3.63, 3.8) is 0 Å². The summed E-state index contributed by atoms with van der Waals surface area (Å²) in [5.74, 6) is -1.53. The second-order valence-corrected chi connectivity index (χ2v) is 7.22. The summed E-state index contributed by atoms with van der Waals surface area (Å²) in [5, 5.41) is 5.61. The van der Waals surface area contributed by atoms with Crippen LogP contribution in [-0.4, -0.2) is 47.0 Å². The lowest BCUT2D eigenvalue weighted by atomic mass is 10.0. The molecule has 150 valence electrons. The Labute approximate surface area is 170 Å². The third-order valence-electron chi connectivity index (χ3n) is 4.18. The van der Waals surface area contributed by atoms with Gasteiger partial charge in [0.2, 0.25) is 5.91 Å². The first kappa shape index (κ1) is 21.6. The first-order valence-corrected chi connectivity index (χ1v) is 9.51. The number of benzene rings is 1. The lowest BCUT2D eigenvalue weighted by molar-refractivity contribution is -0.148. The largest absolute Gasteiger partial charge is 0.464 e. The van der Waals surface area contributed by atoms with Crippen LogP contribution in [0, 0.1) is 12.8 Å². The first-order chi connectivity index (χ1) is 13.2. The molecule has 7 nitrogen and oxygen atoms in total. The molecule has 0 aliphatic carbocycles. The van der Waals surface area contributed by atoms with Crippen LogP contribution in [0.4, 0.5) is 0 Å². The molecule has 0 spiro atoms. The van der Waals surface area contributed by atoms with Crippen LogP contribution in [0.15, 0.2) is 30.0 Å². The maximum absolute atomic E-state index is 12.6. The lowest BCUT2D eigenvalue weighted by Crippen LogP contribution is -2.49. The van der Waals surface area contributed by atoms with Crippen molar-refractivity contribution in [1.29, 1.82) is 0 Å². The maximum Gasteiger partial charge on any atom is 0.328 e. The van der Waals surface area contributed by atoms with Crippen LogP contribution < -0.4 is 10.6 Å². The van der Waals surface area contributed by atoms with Gasteiger partial charge < -0.3 is 15.4 Å². The van der Waals surface area contributed by atoms with Gasteiger partial charge in [-0.3, -0.25) is 14.5 Å². The van der Waals surface area contributed by atoms with E-state index in [-0.39, 0.29) is 24.2 Å². The molecule has 0 saturated carbocycles. The monoisotopic (exact) mass is 403 g/mol. The number of esters is 1. The number of nitrogens with zero attached hydrogens (tertiary/aromatic N) is 1. The van der Waals surface area contributed by atoms with Gasteiger partial charge in [-0.2, -0.15) is 0 Å². The number of carbonyl (C=O) groups is 3. The zero-order chi connectivity index (χ0) is 20.8. The molecule has 1 aliphatic heterocycles. The molecule has 1 aliphatic rings. The number of hydrogen-bond donors (Lipinski definition) is 2. The number of amides is 2. The molecule has 1 unspecified atom stereocenters. The van der Waals surface area contributed by atoms with E-state index in [2.05, 4.69) is 10.6 Å². The van der Waals surface area contributed by atoms with Crippen molar-refractivity contribution in [1.82, 2.24) is 15.5 Å². The average Bonchev–Trinajstić information content (AvgIpc) is 2.89. The topological polar surface area (TPSA) is 87.7 Å². The SMILES string of the molecule is CCOC(=O)C(NC(=O)CN1C(=O)/C(=C/c2ccc(C)cc2)NC1=S)C(C)C. The quantitative estimate of drug-likeness (QED) is 0.410. The molecule has 2 rings (SSSR count). The summed E-state index contributed by atoms with van der Waals surface area (Å²) >= 11 is 5.19. The van der Waals surface area contributed by atoms with Gasteiger partial charge in [-0.1, -0.05) is 43.7 Å². The highest BCUT2D eigenvalue weighted by molar-refractivity contribution is 7.80. The van der Waals surface area contributed by atoms with Gasteiger partial charge in [-0.25, -0.2) is 4.79 Å². The van der Waals surface area contributed by atoms with Crippen LogP contribution >= 0.6 is 12.2 Å². The van der Waals surface area contributed by atoms with Crippen molar-refractivity contribution < 1.29 is 19.1 Å². The Hall–Kier alpha value is -2.74. The van der Waals surface area contributed by atoms with Gasteiger partial charge in [0, 0.05) is 0 Å². The number of aryl methyl sites for hydroxylation is 1. The van der Waals surface area contributed by atoms with Crippen LogP contribution in [0.1, 0.15) is 31.9 Å². The van der Waals surface area contributed by atoms with E-state index in [4.69, 9.17) is 17.0 Å². The molecule has 1 aromatic rings. The number of hydrogen-bond acceptors (Lipinski definition) is 5. The second kappa shape index (κ2) is 9.45. The minimum absolute atomic E-state index is 0.149. The van der Waals surface area contributed by atoms with Gasteiger partial charge in [0.15, 0.2) is 5.11 Å². The van der Waals surface area contributed by atoms with E-state index in [0.29, 0.717) is 5.70 Å². The Morgan fingerprint density at radius 1 is 1.29 bits per heavy atom. The molecule has 2 N–H and O–H groups in total. The second-order valence-electron chi connectivity index (χ2n) is 6.83. The molecule has 0 bridgehead atoms. The van der Waals surface area contributed by atoms with Crippen molar-refractivity contribution in [2.75, 3.05) is 13.2 Å². The normalized spacial score (nSPS) is 16.3. The molecule has 1 aromatic carbocycles. The fraction of sp³-hybridized carbons (Fsp3) is 0.400. The van der Waals surface area contributed by atoms with E-state index in [0.717, 1.165) is 11.1 Å². The standard InChI is InChI=1S/C20H25N3O4S/c1-5-27-19(26)17(12(2)3)22-16(24)11-23-18(25)15(21-20(23)28)10-14-8-6-13(4)7-9-14/h6-10,12,17H,5,11H2,1-4H3,(H,21,28)(H,22,24)/b15-10-. The van der Waals surface area contributed by atoms with Crippen molar-refractivity contribution in [3.8, 4) is 0 Å². The number of thiocarbonyl (C=S) groups is 1. The first-order valence-electron chi connectivity index (χ1n) is 9.10. The van der Waals surface area contributed by atoms with Crippen LogP contribution in [0.25, 0.3) is 6.08 Å². The van der Waals surface area contributed by atoms with Gasteiger partial charge in [0.05, 0.1) is 6.61 Å². The summed E-state index contributed by atoms with van der Waals surface area (Å²) < 4.78 is 4.99. The molecule has 8 heteroatoms. The van der Waals surface area contributed by atoms with Gasteiger partial charge in [0.1, 0.15) is 18.3 Å². The van der Waals surface area contributed by atoms with Crippen molar-refractivity contribution in [3.05, 3.63) is 41.1 Å². The molecule has 0 aromatic heterocycles. The molecular weight excluding hydrogens is 378 g/mol. The Balaban J connectivity index is 2.06. The molecule has 1 heterocycles. The minimum Gasteiger partial charge on any atom is -0.464 e. The van der Waals surface area contributed by atoms with Crippen LogP contribution in [0.3, 0.4) is 0 Å². The highest BCUT2D eigenvalue weighted by Gasteiger charge is 2.33. The Bertz CT molecular complexity index is 802. The van der Waals surface area contributed by atoms with Gasteiger partial charge in [0.25, 0.3) is 5.91 Å². The van der Waals surface area contributed by atoms with E-state index in [1.807, 2.05) is 31.2 Å². The molecule has 0 radical (unpaired) electrons. The summed E-state index contributed by atoms with van der Waals surface area (Å²) in [6.07, 6.45) is 1.68. The zero-order valence-corrected chi connectivity index (χ0v) is 17.3. The molecule has 1 fully saturated rings. The van der Waals surface area contributed by atoms with E-state index < -0.39 is 23.8 Å².